The van der Waals surface area contributed by atoms with Gasteiger partial charge in [0.15, 0.2) is 0 Å². The number of primary amides is 1. The van der Waals surface area contributed by atoms with Crippen LogP contribution in [0, 0.1) is 5.92 Å². The third kappa shape index (κ3) is 2.51. The minimum absolute atomic E-state index is 0.275. The maximum absolute atomic E-state index is 11.2. The number of amides is 1. The molecule has 102 valence electrons. The van der Waals surface area contributed by atoms with Gasteiger partial charge in [0.25, 0.3) is 0 Å². The van der Waals surface area contributed by atoms with E-state index in [4.69, 9.17) is 16.2 Å². The number of carbonyl (C=O) groups excluding carboxylic acids is 1. The van der Waals surface area contributed by atoms with Gasteiger partial charge in [-0.15, -0.1) is 0 Å². The Morgan fingerprint density at radius 3 is 2.79 bits per heavy atom. The molecule has 2 aliphatic rings. The van der Waals surface area contributed by atoms with E-state index in [1.54, 1.807) is 18.2 Å². The van der Waals surface area contributed by atoms with Crippen molar-refractivity contribution in [2.75, 3.05) is 17.7 Å². The zero-order valence-electron chi connectivity index (χ0n) is 10.8. The summed E-state index contributed by atoms with van der Waals surface area (Å²) in [5.74, 6) is 0.241. The Morgan fingerprint density at radius 2 is 2.11 bits per heavy atom. The van der Waals surface area contributed by atoms with Gasteiger partial charge in [0.1, 0.15) is 0 Å². The number of nitrogens with one attached hydrogen (secondary N) is 1. The van der Waals surface area contributed by atoms with E-state index in [0.717, 1.165) is 18.7 Å². The van der Waals surface area contributed by atoms with Gasteiger partial charge in [0.2, 0.25) is 5.91 Å². The second-order valence-corrected chi connectivity index (χ2v) is 5.38. The van der Waals surface area contributed by atoms with E-state index < -0.39 is 5.91 Å². The molecular weight excluding hydrogens is 242 g/mol. The summed E-state index contributed by atoms with van der Waals surface area (Å²) in [6, 6.07) is 5.36. The Morgan fingerprint density at radius 1 is 1.32 bits per heavy atom. The van der Waals surface area contributed by atoms with Gasteiger partial charge < -0.3 is 21.5 Å². The SMILES string of the molecule is NC(=O)c1ccc(N)c(NC2CCOC2C2CC2)c1. The van der Waals surface area contributed by atoms with Gasteiger partial charge in [-0.1, -0.05) is 0 Å². The topological polar surface area (TPSA) is 90.4 Å². The highest BCUT2D eigenvalue weighted by atomic mass is 16.5. The molecule has 0 aromatic heterocycles. The number of benzene rings is 1. The minimum Gasteiger partial charge on any atom is -0.397 e. The Balaban J connectivity index is 1.78. The highest BCUT2D eigenvalue weighted by molar-refractivity contribution is 5.94. The normalized spacial score (nSPS) is 26.3. The summed E-state index contributed by atoms with van der Waals surface area (Å²) < 4.78 is 5.78. The summed E-state index contributed by atoms with van der Waals surface area (Å²) in [5, 5.41) is 3.42. The van der Waals surface area contributed by atoms with Gasteiger partial charge in [-0.2, -0.15) is 0 Å². The first-order chi connectivity index (χ1) is 9.15. The van der Waals surface area contributed by atoms with Gasteiger partial charge in [-0.25, -0.2) is 0 Å². The second-order valence-electron chi connectivity index (χ2n) is 5.38. The minimum atomic E-state index is -0.440. The fraction of sp³-hybridized carbons (Fsp3) is 0.500. The van der Waals surface area contributed by atoms with Gasteiger partial charge in [-0.05, 0) is 43.4 Å². The van der Waals surface area contributed by atoms with Crippen molar-refractivity contribution in [2.45, 2.75) is 31.4 Å². The maximum atomic E-state index is 11.2. The first kappa shape index (κ1) is 12.3. The highest BCUT2D eigenvalue weighted by Crippen LogP contribution is 2.40. The number of hydrogen-bond donors (Lipinski definition) is 3. The molecule has 1 saturated heterocycles. The van der Waals surface area contributed by atoms with E-state index in [1.807, 2.05) is 0 Å². The second kappa shape index (κ2) is 4.74. The monoisotopic (exact) mass is 261 g/mol. The third-order valence-corrected chi connectivity index (χ3v) is 3.90. The van der Waals surface area contributed by atoms with Gasteiger partial charge in [0, 0.05) is 12.2 Å². The molecule has 3 rings (SSSR count). The molecule has 5 nitrogen and oxygen atoms in total. The smallest absolute Gasteiger partial charge is 0.248 e. The number of anilines is 2. The van der Waals surface area contributed by atoms with Crippen LogP contribution in [0.5, 0.6) is 0 Å². The standard InChI is InChI=1S/C14H19N3O2/c15-10-4-3-9(14(16)18)7-12(10)17-11-5-6-19-13(11)8-1-2-8/h3-4,7-8,11,13,17H,1-2,5-6,15H2,(H2,16,18). The van der Waals surface area contributed by atoms with Crippen LogP contribution in [0.2, 0.25) is 0 Å². The number of hydrogen-bond acceptors (Lipinski definition) is 4. The first-order valence-electron chi connectivity index (χ1n) is 6.72. The molecule has 19 heavy (non-hydrogen) atoms. The Bertz CT molecular complexity index is 499. The van der Waals surface area contributed by atoms with Crippen molar-refractivity contribution in [3.63, 3.8) is 0 Å². The number of nitrogen functional groups attached to an aromatic ring is 1. The summed E-state index contributed by atoms with van der Waals surface area (Å²) >= 11 is 0. The molecule has 0 bridgehead atoms. The van der Waals surface area contributed by atoms with E-state index in [9.17, 15) is 4.79 Å². The maximum Gasteiger partial charge on any atom is 0.248 e. The van der Waals surface area contributed by atoms with Crippen LogP contribution in [0.4, 0.5) is 11.4 Å². The average Bonchev–Trinajstić information content (AvgIpc) is 3.12. The Labute approximate surface area is 112 Å². The summed E-state index contributed by atoms with van der Waals surface area (Å²) in [6.45, 7) is 0.786. The molecular formula is C14H19N3O2. The van der Waals surface area contributed by atoms with E-state index in [1.165, 1.54) is 12.8 Å². The molecule has 1 saturated carbocycles. The fourth-order valence-corrected chi connectivity index (χ4v) is 2.69. The lowest BCUT2D eigenvalue weighted by molar-refractivity contribution is 0.0898. The van der Waals surface area contributed by atoms with E-state index in [2.05, 4.69) is 5.32 Å². The molecule has 5 heteroatoms. The zero-order chi connectivity index (χ0) is 13.4. The van der Waals surface area contributed by atoms with Crippen LogP contribution in [0.3, 0.4) is 0 Å². The Hall–Kier alpha value is -1.75. The van der Waals surface area contributed by atoms with Crippen LogP contribution in [0.15, 0.2) is 18.2 Å². The molecule has 2 unspecified atom stereocenters. The molecule has 1 aliphatic heterocycles. The Kier molecular flexibility index (Phi) is 3.06. The summed E-state index contributed by atoms with van der Waals surface area (Å²) in [7, 11) is 0. The van der Waals surface area contributed by atoms with Crippen LogP contribution in [-0.4, -0.2) is 24.7 Å². The van der Waals surface area contributed by atoms with Crippen molar-refractivity contribution in [1.82, 2.24) is 0 Å². The molecule has 1 heterocycles. The van der Waals surface area contributed by atoms with E-state index >= 15 is 0 Å². The number of rotatable bonds is 4. The van der Waals surface area contributed by atoms with Crippen molar-refractivity contribution in [3.05, 3.63) is 23.8 Å². The molecule has 1 amide bonds. The van der Waals surface area contributed by atoms with Gasteiger partial charge in [-0.3, -0.25) is 4.79 Å². The van der Waals surface area contributed by atoms with Crippen molar-refractivity contribution in [1.29, 1.82) is 0 Å². The number of carbonyl (C=O) groups is 1. The molecule has 2 fully saturated rings. The van der Waals surface area contributed by atoms with Crippen LogP contribution in [0.25, 0.3) is 0 Å². The van der Waals surface area contributed by atoms with Crippen molar-refractivity contribution >= 4 is 17.3 Å². The number of nitrogens with two attached hydrogens (primary N) is 2. The third-order valence-electron chi connectivity index (χ3n) is 3.90. The predicted octanol–water partition coefficient (Wildman–Crippen LogP) is 1.35. The van der Waals surface area contributed by atoms with Gasteiger partial charge in [0.05, 0.1) is 23.5 Å². The zero-order valence-corrected chi connectivity index (χ0v) is 10.8. The average molecular weight is 261 g/mol. The largest absolute Gasteiger partial charge is 0.397 e. The predicted molar refractivity (Wildman–Crippen MR) is 73.9 cm³/mol. The fourth-order valence-electron chi connectivity index (χ4n) is 2.69. The number of ether oxygens (including phenoxy) is 1. The lowest BCUT2D eigenvalue weighted by Gasteiger charge is -2.21. The molecule has 1 aromatic carbocycles. The van der Waals surface area contributed by atoms with Gasteiger partial charge >= 0.3 is 0 Å². The quantitative estimate of drug-likeness (QED) is 0.713. The van der Waals surface area contributed by atoms with Crippen LogP contribution >= 0.6 is 0 Å². The van der Waals surface area contributed by atoms with Crippen molar-refractivity contribution in [2.24, 2.45) is 11.7 Å². The molecule has 0 radical (unpaired) electrons. The summed E-state index contributed by atoms with van der Waals surface area (Å²) in [5.41, 5.74) is 13.1. The van der Waals surface area contributed by atoms with Crippen molar-refractivity contribution in [3.8, 4) is 0 Å². The molecule has 2 atom stereocenters. The van der Waals surface area contributed by atoms with Crippen LogP contribution in [0.1, 0.15) is 29.6 Å². The van der Waals surface area contributed by atoms with E-state index in [0.29, 0.717) is 17.2 Å². The van der Waals surface area contributed by atoms with Crippen LogP contribution < -0.4 is 16.8 Å². The van der Waals surface area contributed by atoms with Crippen molar-refractivity contribution < 1.29 is 9.53 Å². The summed E-state index contributed by atoms with van der Waals surface area (Å²) in [6.07, 6.45) is 3.75. The van der Waals surface area contributed by atoms with E-state index in [-0.39, 0.29) is 12.1 Å². The lowest BCUT2D eigenvalue weighted by atomic mass is 10.0. The summed E-state index contributed by atoms with van der Waals surface area (Å²) in [4.78, 5) is 11.2. The molecule has 1 aromatic rings. The first-order valence-corrected chi connectivity index (χ1v) is 6.72. The van der Waals surface area contributed by atoms with Crippen LogP contribution in [-0.2, 0) is 4.74 Å². The lowest BCUT2D eigenvalue weighted by Crippen LogP contribution is -2.31. The molecule has 5 N–H and O–H groups in total. The highest BCUT2D eigenvalue weighted by Gasteiger charge is 2.40. The molecule has 0 spiro atoms. The molecule has 1 aliphatic carbocycles.